The van der Waals surface area contributed by atoms with E-state index in [9.17, 15) is 4.79 Å². The Morgan fingerprint density at radius 1 is 0.857 bits per heavy atom. The summed E-state index contributed by atoms with van der Waals surface area (Å²) in [5.41, 5.74) is 0.303. The lowest BCUT2D eigenvalue weighted by Gasteiger charge is -2.53. The minimum atomic E-state index is -0.903. The lowest BCUT2D eigenvalue weighted by molar-refractivity contribution is -0.112. The second kappa shape index (κ2) is 15.0. The Hall–Kier alpha value is 0.250. The van der Waals surface area contributed by atoms with Crippen LogP contribution >= 0.6 is 20.2 Å². The molecule has 1 rings (SSSR count). The number of thioether (sulfide) groups is 1. The molecule has 1 aliphatic rings. The fourth-order valence-corrected chi connectivity index (χ4v) is 8.39. The van der Waals surface area contributed by atoms with Crippen LogP contribution in [0.1, 0.15) is 109 Å². The fraction of sp³-hybridized carbons (Fsp3) is 0.963. The highest BCUT2D eigenvalue weighted by Gasteiger charge is 2.41. The van der Waals surface area contributed by atoms with Gasteiger partial charge in [-0.25, -0.2) is 9.34 Å². The minimum Gasteiger partial charge on any atom is -0.368 e. The molecule has 1 saturated heterocycles. The van der Waals surface area contributed by atoms with Gasteiger partial charge in [-0.3, -0.25) is 9.69 Å². The van der Waals surface area contributed by atoms with Crippen LogP contribution in [0, 0.1) is 0 Å². The summed E-state index contributed by atoms with van der Waals surface area (Å²) in [5, 5.41) is 0.210. The van der Waals surface area contributed by atoms with E-state index >= 15 is 0 Å². The molecule has 1 aliphatic heterocycles. The van der Waals surface area contributed by atoms with E-state index in [0.29, 0.717) is 49.7 Å². The molecule has 0 unspecified atom stereocenters. The van der Waals surface area contributed by atoms with Crippen LogP contribution in [0.15, 0.2) is 0 Å². The average Bonchev–Trinajstić information content (AvgIpc) is 2.67. The number of carbonyl (C=O) groups is 1. The van der Waals surface area contributed by atoms with E-state index in [4.69, 9.17) is 9.26 Å². The first-order valence-corrected chi connectivity index (χ1v) is 15.8. The molecule has 0 aromatic heterocycles. The molecule has 0 saturated carbocycles. The van der Waals surface area contributed by atoms with Crippen molar-refractivity contribution in [1.29, 1.82) is 0 Å². The molecule has 0 atom stereocenters. The van der Waals surface area contributed by atoms with E-state index in [1.807, 2.05) is 0 Å². The van der Waals surface area contributed by atoms with Crippen molar-refractivity contribution in [2.24, 2.45) is 0 Å². The summed E-state index contributed by atoms with van der Waals surface area (Å²) in [4.78, 5) is 15.1. The minimum absolute atomic E-state index is 0.151. The molecule has 0 amide bonds. The lowest BCUT2D eigenvalue weighted by atomic mass is 9.80. The first kappa shape index (κ1) is 33.3. The largest absolute Gasteiger partial charge is 0.368 e. The Kier molecular flexibility index (Phi) is 14.3. The van der Waals surface area contributed by atoms with Crippen molar-refractivity contribution >= 4 is 25.3 Å². The van der Waals surface area contributed by atoms with Crippen molar-refractivity contribution in [3.8, 4) is 0 Å². The zero-order valence-corrected chi connectivity index (χ0v) is 26.6. The highest BCUT2D eigenvalue weighted by atomic mass is 32.2. The van der Waals surface area contributed by atoms with Gasteiger partial charge >= 0.3 is 0 Å². The van der Waals surface area contributed by atoms with Gasteiger partial charge < -0.3 is 9.26 Å². The number of nitrogens with zero attached hydrogens (tertiary/aromatic N) is 3. The summed E-state index contributed by atoms with van der Waals surface area (Å²) >= 11 is 1.30. The van der Waals surface area contributed by atoms with Gasteiger partial charge in [-0.2, -0.15) is 0 Å². The van der Waals surface area contributed by atoms with Gasteiger partial charge in [0.1, 0.15) is 0 Å². The smallest absolute Gasteiger partial charge is 0.192 e. The first-order chi connectivity index (χ1) is 16.1. The monoisotopic (exact) mass is 533 g/mol. The molecule has 6 nitrogen and oxygen atoms in total. The molecular weight excluding hydrogens is 477 g/mol. The maximum absolute atomic E-state index is 12.5. The molecule has 208 valence electrons. The highest BCUT2D eigenvalue weighted by Crippen LogP contribution is 2.50. The fourth-order valence-electron chi connectivity index (χ4n) is 5.50. The van der Waals surface area contributed by atoms with Crippen molar-refractivity contribution in [2.75, 3.05) is 25.7 Å². The van der Waals surface area contributed by atoms with E-state index in [2.05, 4.69) is 97.3 Å². The van der Waals surface area contributed by atoms with Crippen molar-refractivity contribution in [3.63, 3.8) is 0 Å². The number of hydrogen-bond acceptors (Lipinski definition) is 7. The van der Waals surface area contributed by atoms with Gasteiger partial charge in [0.25, 0.3) is 0 Å². The number of piperidine rings is 1. The maximum atomic E-state index is 12.5. The number of rotatable bonds is 15. The van der Waals surface area contributed by atoms with E-state index in [0.717, 1.165) is 6.54 Å². The SMILES string of the molecule is CC(C)N(C(C)C)P(OCCOCSC(=O)CCN1C(C)(C)CCCC1(C)C)N(C(C)C)C(C)C. The Balaban J connectivity index is 2.51. The molecule has 0 aromatic carbocycles. The van der Waals surface area contributed by atoms with Crippen LogP contribution < -0.4 is 0 Å². The van der Waals surface area contributed by atoms with Crippen molar-refractivity contribution in [2.45, 2.75) is 144 Å². The summed E-state index contributed by atoms with van der Waals surface area (Å²) in [6, 6.07) is 1.57. The Labute approximate surface area is 223 Å². The van der Waals surface area contributed by atoms with Crippen molar-refractivity contribution in [3.05, 3.63) is 0 Å². The van der Waals surface area contributed by atoms with Gasteiger partial charge in [0.15, 0.2) is 13.6 Å². The number of likely N-dealkylation sites (tertiary alicyclic amines) is 1. The highest BCUT2D eigenvalue weighted by molar-refractivity contribution is 8.13. The molecule has 1 fully saturated rings. The van der Waals surface area contributed by atoms with E-state index in [1.54, 1.807) is 0 Å². The third-order valence-corrected chi connectivity index (χ3v) is 10.7. The third-order valence-electron chi connectivity index (χ3n) is 6.83. The summed E-state index contributed by atoms with van der Waals surface area (Å²) < 4.78 is 17.3. The predicted molar refractivity (Wildman–Crippen MR) is 154 cm³/mol. The maximum Gasteiger partial charge on any atom is 0.192 e. The van der Waals surface area contributed by atoms with E-state index < -0.39 is 8.45 Å². The van der Waals surface area contributed by atoms with Crippen LogP contribution in [0.3, 0.4) is 0 Å². The van der Waals surface area contributed by atoms with Gasteiger partial charge in [-0.1, -0.05) is 11.8 Å². The van der Waals surface area contributed by atoms with Crippen molar-refractivity contribution in [1.82, 2.24) is 14.2 Å². The second-order valence-electron chi connectivity index (χ2n) is 12.1. The normalized spacial score (nSPS) is 18.8. The van der Waals surface area contributed by atoms with Gasteiger partial charge in [-0.05, 0) is 102 Å². The summed E-state index contributed by atoms with van der Waals surface area (Å²) in [5.74, 6) is 0.392. The van der Waals surface area contributed by atoms with Crippen LogP contribution in [0.2, 0.25) is 0 Å². The summed E-state index contributed by atoms with van der Waals surface area (Å²) in [7, 11) is -0.903. The predicted octanol–water partition coefficient (Wildman–Crippen LogP) is 7.13. The molecule has 0 bridgehead atoms. The third kappa shape index (κ3) is 10.5. The Bertz CT molecular complexity index is 577. The zero-order chi connectivity index (χ0) is 27.0. The summed E-state index contributed by atoms with van der Waals surface area (Å²) in [6.45, 7) is 29.0. The van der Waals surface area contributed by atoms with Crippen LogP contribution in [0.5, 0.6) is 0 Å². The van der Waals surface area contributed by atoms with Crippen LogP contribution in [0.25, 0.3) is 0 Å². The molecule has 0 spiro atoms. The zero-order valence-electron chi connectivity index (χ0n) is 24.9. The molecule has 8 heteroatoms. The lowest BCUT2D eigenvalue weighted by Crippen LogP contribution is -2.58. The Morgan fingerprint density at radius 2 is 1.31 bits per heavy atom. The van der Waals surface area contributed by atoms with Crippen LogP contribution in [0.4, 0.5) is 0 Å². The van der Waals surface area contributed by atoms with Gasteiger partial charge in [0.05, 0.1) is 19.2 Å². The quantitative estimate of drug-likeness (QED) is 0.126. The molecule has 1 heterocycles. The standard InChI is InChI=1S/C27H56N3O3PS/c1-21(2)29(22(3)4)34(30(23(5)6)24(7)8)33-19-18-32-20-35-25(31)14-17-28-26(9,10)15-13-16-27(28,11)12/h21-24H,13-20H2,1-12H3. The first-order valence-electron chi connectivity index (χ1n) is 13.6. The summed E-state index contributed by atoms with van der Waals surface area (Å²) in [6.07, 6.45) is 4.21. The molecule has 0 aromatic rings. The van der Waals surface area contributed by atoms with Gasteiger partial charge in [-0.15, -0.1) is 0 Å². The number of carbonyl (C=O) groups excluding carboxylic acids is 1. The second-order valence-corrected chi connectivity index (χ2v) is 14.8. The molecule has 0 radical (unpaired) electrons. The topological polar surface area (TPSA) is 45.3 Å². The van der Waals surface area contributed by atoms with Crippen LogP contribution in [-0.2, 0) is 14.1 Å². The van der Waals surface area contributed by atoms with E-state index in [1.165, 1.54) is 31.0 Å². The number of hydrogen-bond donors (Lipinski definition) is 0. The molecule has 0 aliphatic carbocycles. The number of ether oxygens (including phenoxy) is 1. The van der Waals surface area contributed by atoms with E-state index in [-0.39, 0.29) is 16.2 Å². The van der Waals surface area contributed by atoms with Gasteiger partial charge in [0, 0.05) is 48.2 Å². The molecule has 0 N–H and O–H groups in total. The molecular formula is C27H56N3O3PS. The Morgan fingerprint density at radius 3 is 1.74 bits per heavy atom. The average molecular weight is 534 g/mol. The van der Waals surface area contributed by atoms with Crippen molar-refractivity contribution < 1.29 is 14.1 Å². The van der Waals surface area contributed by atoms with Gasteiger partial charge in [0.2, 0.25) is 0 Å². The van der Waals surface area contributed by atoms with Crippen LogP contribution in [-0.4, -0.2) is 80.3 Å². The molecule has 35 heavy (non-hydrogen) atoms.